The fraction of sp³-hybridized carbons (Fsp3) is 0.667. The number of rotatable bonds is 7. The minimum atomic E-state index is -8.49. The topological polar surface area (TPSA) is 44.8 Å². The fourth-order valence-electron chi connectivity index (χ4n) is 2.29. The van der Waals surface area contributed by atoms with E-state index in [1.807, 2.05) is 0 Å². The van der Waals surface area contributed by atoms with E-state index in [9.17, 15) is 70.7 Å². The summed E-state index contributed by atoms with van der Waals surface area (Å²) in [5.41, 5.74) is 0. The minimum absolute atomic E-state index is 0.0790. The lowest BCUT2D eigenvalue weighted by Crippen LogP contribution is -2.73. The van der Waals surface area contributed by atoms with Gasteiger partial charge in [0.15, 0.2) is 17.6 Å². The van der Waals surface area contributed by atoms with E-state index in [0.717, 1.165) is 11.3 Å². The summed E-state index contributed by atoms with van der Waals surface area (Å²) >= 11 is 0.981. The lowest BCUT2D eigenvalue weighted by Gasteiger charge is -2.41. The molecule has 0 aromatic carbocycles. The summed E-state index contributed by atoms with van der Waals surface area (Å²) in [6.45, 7) is -1.92. The molecule has 0 unspecified atom stereocenters. The lowest BCUT2D eigenvalue weighted by molar-refractivity contribution is -0.450. The quantitative estimate of drug-likeness (QED) is 0.308. The molecule has 0 amide bonds. The molecular formula is C15H7F15O4S. The van der Waals surface area contributed by atoms with Crippen LogP contribution in [0.3, 0.4) is 0 Å². The number of hydrogen-bond donors (Lipinski definition) is 0. The Hall–Kier alpha value is -2.28. The van der Waals surface area contributed by atoms with Gasteiger partial charge in [-0.3, -0.25) is 0 Å². The minimum Gasteiger partial charge on any atom is -0.485 e. The van der Waals surface area contributed by atoms with Gasteiger partial charge >= 0.3 is 47.7 Å². The summed E-state index contributed by atoms with van der Waals surface area (Å²) in [5.74, 6) is -52.4. The van der Waals surface area contributed by atoms with Crippen molar-refractivity contribution >= 4 is 17.3 Å². The van der Waals surface area contributed by atoms with E-state index in [-0.39, 0.29) is 11.5 Å². The van der Waals surface area contributed by atoms with Crippen LogP contribution in [0.2, 0.25) is 0 Å². The summed E-state index contributed by atoms with van der Waals surface area (Å²) in [6, 6.07) is 0. The van der Waals surface area contributed by atoms with Crippen LogP contribution in [0, 0.1) is 0 Å². The molecule has 2 heterocycles. The van der Waals surface area contributed by atoms with Crippen LogP contribution in [0.1, 0.15) is 0 Å². The van der Waals surface area contributed by atoms with Crippen LogP contribution < -0.4 is 9.47 Å². The molecule has 0 bridgehead atoms. The zero-order valence-corrected chi connectivity index (χ0v) is 16.7. The molecule has 1 aromatic heterocycles. The van der Waals surface area contributed by atoms with Crippen molar-refractivity contribution in [1.29, 1.82) is 0 Å². The molecular weight excluding hydrogens is 561 g/mol. The van der Waals surface area contributed by atoms with E-state index in [0.29, 0.717) is 0 Å². The molecule has 0 saturated heterocycles. The molecule has 0 atom stereocenters. The standard InChI is InChI=1S/C15H7F15O4S/c16-9(17,8(31)34-5-1-32-6-3-35-4-7(6)33-2-5)10(18,19)11(20,21)12(22,23)13(24,25)14(26,27)15(28,29)30/h3-5H,1-2H2. The molecule has 0 N–H and O–H groups in total. The number of thiophene rings is 1. The Morgan fingerprint density at radius 2 is 1.06 bits per heavy atom. The zero-order chi connectivity index (χ0) is 27.5. The number of ether oxygens (including phenoxy) is 3. The monoisotopic (exact) mass is 568 g/mol. The molecule has 1 aliphatic rings. The van der Waals surface area contributed by atoms with Gasteiger partial charge in [-0.2, -0.15) is 65.9 Å². The van der Waals surface area contributed by atoms with Crippen molar-refractivity contribution < 1.29 is 84.9 Å². The van der Waals surface area contributed by atoms with E-state index in [4.69, 9.17) is 9.47 Å². The Morgan fingerprint density at radius 3 is 1.46 bits per heavy atom. The van der Waals surface area contributed by atoms with Gasteiger partial charge in [0, 0.05) is 10.8 Å². The number of hydrogen-bond acceptors (Lipinski definition) is 5. The number of fused-ring (bicyclic) bond motifs is 1. The van der Waals surface area contributed by atoms with E-state index in [2.05, 4.69) is 4.74 Å². The predicted molar refractivity (Wildman–Crippen MR) is 80.9 cm³/mol. The molecule has 4 nitrogen and oxygen atoms in total. The Balaban J connectivity index is 2.34. The molecule has 1 aliphatic heterocycles. The third-order valence-electron chi connectivity index (χ3n) is 4.30. The molecule has 0 aliphatic carbocycles. The van der Waals surface area contributed by atoms with E-state index in [1.165, 1.54) is 10.8 Å². The SMILES string of the molecule is O=C(OC1COc2cscc2OC1)C(F)(F)C(F)(F)C(F)(F)C(F)(F)C(F)(F)C(F)(F)C(F)(F)F. The summed E-state index contributed by atoms with van der Waals surface area (Å²) < 4.78 is 211. The lowest BCUT2D eigenvalue weighted by atomic mass is 9.91. The van der Waals surface area contributed by atoms with Gasteiger partial charge in [0.25, 0.3) is 0 Å². The summed E-state index contributed by atoms with van der Waals surface area (Å²) in [7, 11) is 0. The highest BCUT2D eigenvalue weighted by molar-refractivity contribution is 7.08. The van der Waals surface area contributed by atoms with Gasteiger partial charge in [-0.05, 0) is 0 Å². The van der Waals surface area contributed by atoms with Gasteiger partial charge in [0.2, 0.25) is 0 Å². The molecule has 0 radical (unpaired) electrons. The van der Waals surface area contributed by atoms with E-state index in [1.54, 1.807) is 0 Å². The average Bonchev–Trinajstić information content (AvgIpc) is 3.07. The van der Waals surface area contributed by atoms with Crippen molar-refractivity contribution in [2.75, 3.05) is 13.2 Å². The first-order chi connectivity index (χ1) is 15.5. The van der Waals surface area contributed by atoms with Gasteiger partial charge in [0.1, 0.15) is 13.2 Å². The van der Waals surface area contributed by atoms with Crippen LogP contribution in [0.4, 0.5) is 65.9 Å². The average molecular weight is 568 g/mol. The summed E-state index contributed by atoms with van der Waals surface area (Å²) in [5, 5.41) is 2.50. The first-order valence-corrected chi connectivity index (χ1v) is 9.27. The zero-order valence-electron chi connectivity index (χ0n) is 15.9. The van der Waals surface area contributed by atoms with Crippen LogP contribution in [-0.2, 0) is 9.53 Å². The molecule has 20 heteroatoms. The van der Waals surface area contributed by atoms with Crippen molar-refractivity contribution in [3.8, 4) is 11.5 Å². The second-order valence-electron chi connectivity index (χ2n) is 6.69. The van der Waals surface area contributed by atoms with Gasteiger partial charge in [-0.15, -0.1) is 11.3 Å². The molecule has 0 saturated carbocycles. The summed E-state index contributed by atoms with van der Waals surface area (Å²) in [4.78, 5) is 11.4. The number of carbonyl (C=O) groups excluding carboxylic acids is 1. The van der Waals surface area contributed by atoms with Crippen molar-refractivity contribution in [2.45, 2.75) is 47.8 Å². The molecule has 1 aromatic rings. The molecule has 2 rings (SSSR count). The highest BCUT2D eigenvalue weighted by atomic mass is 32.1. The van der Waals surface area contributed by atoms with Crippen LogP contribution in [0.15, 0.2) is 10.8 Å². The van der Waals surface area contributed by atoms with Crippen LogP contribution >= 0.6 is 11.3 Å². The van der Waals surface area contributed by atoms with E-state index >= 15 is 0 Å². The molecule has 35 heavy (non-hydrogen) atoms. The second kappa shape index (κ2) is 8.39. The largest absolute Gasteiger partial charge is 0.485 e. The number of halogens is 15. The molecule has 202 valence electrons. The Morgan fingerprint density at radius 1 is 0.686 bits per heavy atom. The van der Waals surface area contributed by atoms with Crippen molar-refractivity contribution in [3.63, 3.8) is 0 Å². The van der Waals surface area contributed by atoms with Gasteiger partial charge in [-0.25, -0.2) is 4.79 Å². The fourth-order valence-corrected chi connectivity index (χ4v) is 2.97. The maximum Gasteiger partial charge on any atom is 0.460 e. The smallest absolute Gasteiger partial charge is 0.460 e. The number of carbonyl (C=O) groups is 1. The maximum atomic E-state index is 13.8. The van der Waals surface area contributed by atoms with Gasteiger partial charge in [0.05, 0.1) is 0 Å². The van der Waals surface area contributed by atoms with Crippen molar-refractivity contribution in [1.82, 2.24) is 0 Å². The Bertz CT molecular complexity index is 917. The van der Waals surface area contributed by atoms with Crippen LogP contribution in [-0.4, -0.2) is 67.0 Å². The van der Waals surface area contributed by atoms with Crippen LogP contribution in [0.5, 0.6) is 11.5 Å². The second-order valence-corrected chi connectivity index (χ2v) is 7.44. The van der Waals surface area contributed by atoms with E-state index < -0.39 is 67.0 Å². The highest BCUT2D eigenvalue weighted by Gasteiger charge is 2.94. The third kappa shape index (κ3) is 4.20. The van der Waals surface area contributed by atoms with Crippen molar-refractivity contribution in [2.24, 2.45) is 0 Å². The summed E-state index contributed by atoms with van der Waals surface area (Å²) in [6.07, 6.45) is -9.82. The van der Waals surface area contributed by atoms with Crippen molar-refractivity contribution in [3.05, 3.63) is 10.8 Å². The van der Waals surface area contributed by atoms with Gasteiger partial charge < -0.3 is 14.2 Å². The Kier molecular flexibility index (Phi) is 6.94. The third-order valence-corrected chi connectivity index (χ3v) is 5.00. The first kappa shape index (κ1) is 29.0. The number of alkyl halides is 15. The maximum absolute atomic E-state index is 13.8. The van der Waals surface area contributed by atoms with Crippen LogP contribution in [0.25, 0.3) is 0 Å². The molecule has 0 fully saturated rings. The molecule has 0 spiro atoms. The van der Waals surface area contributed by atoms with Gasteiger partial charge in [-0.1, -0.05) is 0 Å². The first-order valence-electron chi connectivity index (χ1n) is 8.33. The predicted octanol–water partition coefficient (Wildman–Crippen LogP) is 5.81. The number of esters is 1. The Labute approximate surface area is 186 Å². The highest BCUT2D eigenvalue weighted by Crippen LogP contribution is 2.62. The normalized spacial score (nSPS) is 17.2.